The van der Waals surface area contributed by atoms with Gasteiger partial charge in [-0.1, -0.05) is 6.07 Å². The number of benzene rings is 1. The van der Waals surface area contributed by atoms with Crippen LogP contribution in [0, 0.1) is 0 Å². The minimum Gasteiger partial charge on any atom is -0.493 e. The number of ether oxygens (including phenoxy) is 2. The molecule has 1 aromatic heterocycles. The van der Waals surface area contributed by atoms with Gasteiger partial charge >= 0.3 is 0 Å². The highest BCUT2D eigenvalue weighted by molar-refractivity contribution is 7.13. The average molecular weight is 349 g/mol. The fraction of sp³-hybridized carbons (Fsp3) is 0.412. The molecule has 0 saturated heterocycles. The number of carbonyl (C=O) groups is 1. The van der Waals surface area contributed by atoms with Crippen molar-refractivity contribution >= 4 is 17.2 Å². The van der Waals surface area contributed by atoms with Crippen LogP contribution in [-0.2, 0) is 11.3 Å². The van der Waals surface area contributed by atoms with Crippen LogP contribution in [-0.4, -0.2) is 62.6 Å². The summed E-state index contributed by atoms with van der Waals surface area (Å²) in [6, 6.07) is 5.74. The Labute approximate surface area is 146 Å². The molecule has 0 unspecified atom stereocenters. The first-order chi connectivity index (χ1) is 11.5. The van der Waals surface area contributed by atoms with Gasteiger partial charge < -0.3 is 14.4 Å². The smallest absolute Gasteiger partial charge is 0.236 e. The molecule has 24 heavy (non-hydrogen) atoms. The minimum atomic E-state index is 0.0717. The van der Waals surface area contributed by atoms with E-state index in [0.717, 1.165) is 16.3 Å². The number of para-hydroxylation sites is 1. The van der Waals surface area contributed by atoms with Crippen molar-refractivity contribution in [3.8, 4) is 22.1 Å². The van der Waals surface area contributed by atoms with Crippen LogP contribution in [0.2, 0.25) is 0 Å². The van der Waals surface area contributed by atoms with Gasteiger partial charge in [0.2, 0.25) is 5.91 Å². The van der Waals surface area contributed by atoms with Crippen molar-refractivity contribution < 1.29 is 14.3 Å². The number of carbonyl (C=O) groups excluding carboxylic acids is 1. The first-order valence-electron chi connectivity index (χ1n) is 7.50. The van der Waals surface area contributed by atoms with Gasteiger partial charge in [-0.25, -0.2) is 4.98 Å². The molecule has 1 amide bonds. The topological polar surface area (TPSA) is 54.9 Å². The van der Waals surface area contributed by atoms with E-state index in [1.54, 1.807) is 44.6 Å². The molecule has 0 spiro atoms. The maximum absolute atomic E-state index is 11.8. The molecular formula is C17H23N3O3S. The zero-order valence-corrected chi connectivity index (χ0v) is 15.5. The highest BCUT2D eigenvalue weighted by atomic mass is 32.1. The number of rotatable bonds is 7. The van der Waals surface area contributed by atoms with Crippen LogP contribution in [0.5, 0.6) is 11.5 Å². The van der Waals surface area contributed by atoms with Crippen LogP contribution in [0.1, 0.15) is 5.69 Å². The van der Waals surface area contributed by atoms with Crippen molar-refractivity contribution in [2.45, 2.75) is 6.54 Å². The Kier molecular flexibility index (Phi) is 6.16. The summed E-state index contributed by atoms with van der Waals surface area (Å²) in [5, 5.41) is 2.87. The normalized spacial score (nSPS) is 10.8. The summed E-state index contributed by atoms with van der Waals surface area (Å²) in [5.74, 6) is 1.43. The van der Waals surface area contributed by atoms with E-state index >= 15 is 0 Å². The summed E-state index contributed by atoms with van der Waals surface area (Å²) in [4.78, 5) is 20.0. The Morgan fingerprint density at radius 3 is 2.58 bits per heavy atom. The van der Waals surface area contributed by atoms with Gasteiger partial charge in [0.1, 0.15) is 5.01 Å². The minimum absolute atomic E-state index is 0.0717. The Morgan fingerprint density at radius 2 is 1.96 bits per heavy atom. The fourth-order valence-electron chi connectivity index (χ4n) is 2.26. The SMILES string of the molecule is COc1cccc(-c2nc(CN(C)CC(=O)N(C)C)cs2)c1OC. The Bertz CT molecular complexity index is 700. The molecule has 6 nitrogen and oxygen atoms in total. The lowest BCUT2D eigenvalue weighted by atomic mass is 10.2. The second-order valence-corrected chi connectivity index (χ2v) is 6.50. The van der Waals surface area contributed by atoms with E-state index in [9.17, 15) is 4.79 Å². The van der Waals surface area contributed by atoms with Gasteiger partial charge in [-0.3, -0.25) is 9.69 Å². The number of nitrogens with zero attached hydrogens (tertiary/aromatic N) is 3. The summed E-state index contributed by atoms with van der Waals surface area (Å²) in [6.45, 7) is 0.977. The fourth-order valence-corrected chi connectivity index (χ4v) is 3.10. The molecule has 7 heteroatoms. The van der Waals surface area contributed by atoms with Gasteiger partial charge in [-0.2, -0.15) is 0 Å². The lowest BCUT2D eigenvalue weighted by Crippen LogP contribution is -2.34. The van der Waals surface area contributed by atoms with Gasteiger partial charge in [-0.15, -0.1) is 11.3 Å². The van der Waals surface area contributed by atoms with Crippen LogP contribution in [0.3, 0.4) is 0 Å². The lowest BCUT2D eigenvalue weighted by molar-refractivity contribution is -0.129. The summed E-state index contributed by atoms with van der Waals surface area (Å²) in [5.41, 5.74) is 1.83. The van der Waals surface area contributed by atoms with Gasteiger partial charge in [0.25, 0.3) is 0 Å². The van der Waals surface area contributed by atoms with E-state index in [0.29, 0.717) is 24.6 Å². The molecule has 0 bridgehead atoms. The molecule has 1 heterocycles. The van der Waals surface area contributed by atoms with E-state index in [1.165, 1.54) is 0 Å². The lowest BCUT2D eigenvalue weighted by Gasteiger charge is -2.17. The highest BCUT2D eigenvalue weighted by Crippen LogP contribution is 2.38. The van der Waals surface area contributed by atoms with E-state index < -0.39 is 0 Å². The first-order valence-corrected chi connectivity index (χ1v) is 8.38. The first kappa shape index (κ1) is 18.2. The molecule has 0 N–H and O–H groups in total. The van der Waals surface area contributed by atoms with Gasteiger partial charge in [0.05, 0.1) is 32.0 Å². The molecule has 130 valence electrons. The maximum Gasteiger partial charge on any atom is 0.236 e. The predicted octanol–water partition coefficient (Wildman–Crippen LogP) is 2.35. The Hall–Kier alpha value is -2.12. The largest absolute Gasteiger partial charge is 0.493 e. The molecule has 0 atom stereocenters. The zero-order valence-electron chi connectivity index (χ0n) is 14.7. The van der Waals surface area contributed by atoms with Gasteiger partial charge in [0.15, 0.2) is 11.5 Å². The summed E-state index contributed by atoms with van der Waals surface area (Å²) < 4.78 is 10.8. The summed E-state index contributed by atoms with van der Waals surface area (Å²) in [6.07, 6.45) is 0. The predicted molar refractivity (Wildman–Crippen MR) is 95.7 cm³/mol. The molecule has 0 aliphatic heterocycles. The van der Waals surface area contributed by atoms with Crippen molar-refractivity contribution in [3.05, 3.63) is 29.3 Å². The molecule has 2 aromatic rings. The summed E-state index contributed by atoms with van der Waals surface area (Å²) >= 11 is 1.55. The number of thiazole rings is 1. The molecule has 0 aliphatic rings. The van der Waals surface area contributed by atoms with Gasteiger partial charge in [-0.05, 0) is 19.2 Å². The van der Waals surface area contributed by atoms with Crippen LogP contribution in [0.4, 0.5) is 0 Å². The van der Waals surface area contributed by atoms with Crippen molar-refractivity contribution in [1.29, 1.82) is 0 Å². The number of aromatic nitrogens is 1. The maximum atomic E-state index is 11.8. The zero-order chi connectivity index (χ0) is 17.7. The number of hydrogen-bond donors (Lipinski definition) is 0. The van der Waals surface area contributed by atoms with Crippen molar-refractivity contribution in [1.82, 2.24) is 14.8 Å². The van der Waals surface area contributed by atoms with E-state index in [2.05, 4.69) is 4.98 Å². The molecule has 1 aromatic carbocycles. The van der Waals surface area contributed by atoms with E-state index in [4.69, 9.17) is 9.47 Å². The third-order valence-electron chi connectivity index (χ3n) is 3.52. The van der Waals surface area contributed by atoms with Crippen LogP contribution < -0.4 is 9.47 Å². The number of methoxy groups -OCH3 is 2. The van der Waals surface area contributed by atoms with Crippen LogP contribution >= 0.6 is 11.3 Å². The number of likely N-dealkylation sites (N-methyl/N-ethyl adjacent to an activating group) is 2. The van der Waals surface area contributed by atoms with Crippen LogP contribution in [0.25, 0.3) is 10.6 Å². The molecule has 0 aliphatic carbocycles. The monoisotopic (exact) mass is 349 g/mol. The second-order valence-electron chi connectivity index (χ2n) is 5.65. The average Bonchev–Trinajstić information content (AvgIpc) is 3.01. The number of hydrogen-bond acceptors (Lipinski definition) is 6. The van der Waals surface area contributed by atoms with Crippen molar-refractivity contribution in [2.75, 3.05) is 41.9 Å². The summed E-state index contributed by atoms with van der Waals surface area (Å²) in [7, 11) is 8.66. The molecule has 0 radical (unpaired) electrons. The van der Waals surface area contributed by atoms with E-state index in [1.807, 2.05) is 35.5 Å². The van der Waals surface area contributed by atoms with Crippen molar-refractivity contribution in [2.24, 2.45) is 0 Å². The molecular weight excluding hydrogens is 326 g/mol. The standard InChI is InChI=1S/C17H23N3O3S/c1-19(2)15(21)10-20(3)9-12-11-24-17(18-12)13-7-6-8-14(22-4)16(13)23-5/h6-8,11H,9-10H2,1-5H3. The molecule has 0 saturated carbocycles. The quantitative estimate of drug-likeness (QED) is 0.768. The number of amides is 1. The Balaban J connectivity index is 2.15. The highest BCUT2D eigenvalue weighted by Gasteiger charge is 2.16. The molecule has 2 rings (SSSR count). The van der Waals surface area contributed by atoms with E-state index in [-0.39, 0.29) is 5.91 Å². The van der Waals surface area contributed by atoms with Gasteiger partial charge in [0, 0.05) is 26.0 Å². The third-order valence-corrected chi connectivity index (χ3v) is 4.45. The molecule has 0 fully saturated rings. The van der Waals surface area contributed by atoms with Crippen LogP contribution in [0.15, 0.2) is 23.6 Å². The Morgan fingerprint density at radius 1 is 1.21 bits per heavy atom. The van der Waals surface area contributed by atoms with Crippen molar-refractivity contribution in [3.63, 3.8) is 0 Å². The third kappa shape index (κ3) is 4.24. The second kappa shape index (κ2) is 8.12.